The molecule has 2 aromatic heterocycles. The van der Waals surface area contributed by atoms with Crippen LogP contribution in [-0.2, 0) is 6.42 Å². The molecule has 7 heteroatoms. The number of fused-ring (bicyclic) bond motifs is 1. The van der Waals surface area contributed by atoms with Crippen molar-refractivity contribution < 1.29 is 4.79 Å². The summed E-state index contributed by atoms with van der Waals surface area (Å²) in [5.41, 5.74) is 0.886. The number of H-pyrrole nitrogens is 1. The number of aromatic nitrogens is 3. The summed E-state index contributed by atoms with van der Waals surface area (Å²) < 4.78 is 0. The van der Waals surface area contributed by atoms with Crippen LogP contribution in [0.5, 0.6) is 0 Å². The van der Waals surface area contributed by atoms with Gasteiger partial charge < -0.3 is 5.32 Å². The van der Waals surface area contributed by atoms with E-state index in [1.807, 2.05) is 12.3 Å². The fourth-order valence-electron chi connectivity index (χ4n) is 2.20. The highest BCUT2D eigenvalue weighted by atomic mass is 32.1. The fraction of sp³-hybridized carbons (Fsp3) is 0.200. The number of nitrogens with zero attached hydrogens (tertiary/aromatic N) is 2. The molecule has 1 aromatic carbocycles. The van der Waals surface area contributed by atoms with Gasteiger partial charge in [0.05, 0.1) is 16.1 Å². The third kappa shape index (κ3) is 2.89. The van der Waals surface area contributed by atoms with Crippen LogP contribution in [-0.4, -0.2) is 27.6 Å². The molecule has 0 bridgehead atoms. The van der Waals surface area contributed by atoms with Crippen molar-refractivity contribution in [3.8, 4) is 0 Å². The van der Waals surface area contributed by atoms with E-state index in [1.165, 1.54) is 0 Å². The first kappa shape index (κ1) is 14.4. The predicted molar refractivity (Wildman–Crippen MR) is 85.3 cm³/mol. The Bertz CT molecular complexity index is 884. The number of thiazole rings is 1. The first-order valence-corrected chi connectivity index (χ1v) is 7.70. The molecule has 3 rings (SSSR count). The molecule has 0 atom stereocenters. The van der Waals surface area contributed by atoms with Gasteiger partial charge in [0.1, 0.15) is 0 Å². The monoisotopic (exact) mass is 314 g/mol. The van der Waals surface area contributed by atoms with Crippen LogP contribution < -0.4 is 10.9 Å². The van der Waals surface area contributed by atoms with E-state index in [9.17, 15) is 9.59 Å². The molecule has 0 radical (unpaired) electrons. The minimum Gasteiger partial charge on any atom is -0.350 e. The van der Waals surface area contributed by atoms with Gasteiger partial charge in [-0.3, -0.25) is 9.59 Å². The molecule has 1 amide bonds. The minimum absolute atomic E-state index is 0.227. The number of benzene rings is 1. The van der Waals surface area contributed by atoms with Gasteiger partial charge in [0.2, 0.25) is 0 Å². The van der Waals surface area contributed by atoms with Crippen molar-refractivity contribution in [3.63, 3.8) is 0 Å². The predicted octanol–water partition coefficient (Wildman–Crippen LogP) is 1.66. The zero-order valence-corrected chi connectivity index (χ0v) is 12.7. The lowest BCUT2D eigenvalue weighted by Crippen LogP contribution is -2.28. The zero-order chi connectivity index (χ0) is 15.5. The van der Waals surface area contributed by atoms with Crippen LogP contribution in [0.2, 0.25) is 0 Å². The maximum Gasteiger partial charge on any atom is 0.272 e. The molecule has 2 N–H and O–H groups in total. The lowest BCUT2D eigenvalue weighted by molar-refractivity contribution is 0.0950. The number of aryl methyl sites for hydroxylation is 1. The number of nitrogens with one attached hydrogen (secondary N) is 2. The number of hydrogen-bond acceptors (Lipinski definition) is 5. The van der Waals surface area contributed by atoms with Crippen molar-refractivity contribution >= 4 is 28.0 Å². The van der Waals surface area contributed by atoms with Crippen LogP contribution in [0.15, 0.2) is 34.4 Å². The molecular formula is C15H14N4O2S. The topological polar surface area (TPSA) is 87.7 Å². The highest BCUT2D eigenvalue weighted by molar-refractivity contribution is 7.09. The third-order valence-electron chi connectivity index (χ3n) is 3.24. The van der Waals surface area contributed by atoms with E-state index < -0.39 is 0 Å². The van der Waals surface area contributed by atoms with E-state index in [2.05, 4.69) is 20.5 Å². The summed E-state index contributed by atoms with van der Waals surface area (Å²) in [7, 11) is 0. The zero-order valence-electron chi connectivity index (χ0n) is 11.9. The minimum atomic E-state index is -0.306. The van der Waals surface area contributed by atoms with Crippen LogP contribution in [0.25, 0.3) is 10.8 Å². The van der Waals surface area contributed by atoms with Gasteiger partial charge in [0.25, 0.3) is 11.5 Å². The third-order valence-corrected chi connectivity index (χ3v) is 4.07. The van der Waals surface area contributed by atoms with Gasteiger partial charge in [0.15, 0.2) is 5.69 Å². The average Bonchev–Trinajstić information content (AvgIpc) is 2.93. The second kappa shape index (κ2) is 6.07. The van der Waals surface area contributed by atoms with Crippen molar-refractivity contribution in [2.45, 2.75) is 13.3 Å². The van der Waals surface area contributed by atoms with Crippen molar-refractivity contribution in [3.05, 3.63) is 56.4 Å². The lowest BCUT2D eigenvalue weighted by Gasteiger charge is -2.05. The number of aromatic amines is 1. The van der Waals surface area contributed by atoms with Gasteiger partial charge >= 0.3 is 0 Å². The summed E-state index contributed by atoms with van der Waals surface area (Å²) in [6.07, 6.45) is 0.664. The van der Waals surface area contributed by atoms with Gasteiger partial charge in [-0.1, -0.05) is 18.2 Å². The van der Waals surface area contributed by atoms with Gasteiger partial charge in [-0.2, -0.15) is 5.10 Å². The van der Waals surface area contributed by atoms with Crippen molar-refractivity contribution in [2.75, 3.05) is 6.54 Å². The maximum absolute atomic E-state index is 12.3. The Balaban J connectivity index is 1.75. The van der Waals surface area contributed by atoms with E-state index in [0.717, 1.165) is 10.7 Å². The molecule has 0 aliphatic carbocycles. The molecule has 0 fully saturated rings. The summed E-state index contributed by atoms with van der Waals surface area (Å²) in [5, 5.41) is 13.0. The van der Waals surface area contributed by atoms with Gasteiger partial charge in [-0.05, 0) is 13.0 Å². The number of carbonyl (C=O) groups excluding carboxylic acids is 1. The second-order valence-corrected chi connectivity index (χ2v) is 5.87. The van der Waals surface area contributed by atoms with Crippen molar-refractivity contribution in [2.24, 2.45) is 0 Å². The summed E-state index contributed by atoms with van der Waals surface area (Å²) >= 11 is 1.59. The molecule has 6 nitrogen and oxygen atoms in total. The van der Waals surface area contributed by atoms with Crippen LogP contribution >= 0.6 is 11.3 Å². The van der Waals surface area contributed by atoms with Crippen LogP contribution in [0, 0.1) is 6.92 Å². The number of amides is 1. The van der Waals surface area contributed by atoms with Gasteiger partial charge in [0, 0.05) is 23.7 Å². The van der Waals surface area contributed by atoms with E-state index in [-0.39, 0.29) is 17.2 Å². The molecule has 22 heavy (non-hydrogen) atoms. The fourth-order valence-corrected chi connectivity index (χ4v) is 2.85. The number of carbonyl (C=O) groups is 1. The Kier molecular flexibility index (Phi) is 3.97. The summed E-state index contributed by atoms with van der Waals surface area (Å²) in [5.74, 6) is -0.306. The highest BCUT2D eigenvalue weighted by Crippen LogP contribution is 2.12. The first-order chi connectivity index (χ1) is 10.6. The summed E-state index contributed by atoms with van der Waals surface area (Å²) in [6, 6.07) is 6.92. The Hall–Kier alpha value is -2.54. The van der Waals surface area contributed by atoms with E-state index in [0.29, 0.717) is 23.7 Å². The lowest BCUT2D eigenvalue weighted by atomic mass is 10.1. The molecule has 0 aliphatic heterocycles. The molecule has 2 heterocycles. The second-order valence-electron chi connectivity index (χ2n) is 4.81. The molecule has 0 unspecified atom stereocenters. The van der Waals surface area contributed by atoms with Gasteiger partial charge in [-0.25, -0.2) is 10.1 Å². The normalized spacial score (nSPS) is 10.8. The molecular weight excluding hydrogens is 300 g/mol. The molecule has 0 spiro atoms. The average molecular weight is 314 g/mol. The molecule has 3 aromatic rings. The number of rotatable bonds is 4. The summed E-state index contributed by atoms with van der Waals surface area (Å²) in [4.78, 5) is 28.3. The Labute approximate surface area is 130 Å². The Morgan fingerprint density at radius 2 is 2.09 bits per heavy atom. The molecule has 112 valence electrons. The maximum atomic E-state index is 12.3. The van der Waals surface area contributed by atoms with Crippen molar-refractivity contribution in [1.29, 1.82) is 0 Å². The Morgan fingerprint density at radius 1 is 1.32 bits per heavy atom. The Morgan fingerprint density at radius 3 is 2.82 bits per heavy atom. The number of hydrogen-bond donors (Lipinski definition) is 2. The first-order valence-electron chi connectivity index (χ1n) is 6.82. The largest absolute Gasteiger partial charge is 0.350 e. The molecule has 0 saturated heterocycles. The smallest absolute Gasteiger partial charge is 0.272 e. The highest BCUT2D eigenvalue weighted by Gasteiger charge is 2.13. The van der Waals surface area contributed by atoms with Crippen LogP contribution in [0.3, 0.4) is 0 Å². The SMILES string of the molecule is Cc1nc(CCNC(=O)c2n[nH]c(=O)c3ccccc23)cs1. The van der Waals surface area contributed by atoms with Gasteiger partial charge in [-0.15, -0.1) is 11.3 Å². The summed E-state index contributed by atoms with van der Waals surface area (Å²) in [6.45, 7) is 2.42. The molecule has 0 aliphatic rings. The quantitative estimate of drug-likeness (QED) is 0.766. The standard InChI is InChI=1S/C15H14N4O2S/c1-9-17-10(8-22-9)6-7-16-15(21)13-11-4-2-3-5-12(11)14(20)19-18-13/h2-5,8H,6-7H2,1H3,(H,16,21)(H,19,20). The van der Waals surface area contributed by atoms with Crippen LogP contribution in [0.4, 0.5) is 0 Å². The van der Waals surface area contributed by atoms with E-state index in [1.54, 1.807) is 35.6 Å². The van der Waals surface area contributed by atoms with Crippen molar-refractivity contribution in [1.82, 2.24) is 20.5 Å². The van der Waals surface area contributed by atoms with Crippen LogP contribution in [0.1, 0.15) is 21.2 Å². The molecule has 0 saturated carbocycles. The van der Waals surface area contributed by atoms with E-state index in [4.69, 9.17) is 0 Å². The van der Waals surface area contributed by atoms with E-state index >= 15 is 0 Å².